The maximum absolute atomic E-state index is 11.6. The minimum absolute atomic E-state index is 0.162. The monoisotopic (exact) mass is 244 g/mol. The number of aromatic amines is 1. The van der Waals surface area contributed by atoms with Gasteiger partial charge in [-0.2, -0.15) is 0 Å². The van der Waals surface area contributed by atoms with Gasteiger partial charge in [-0.15, -0.1) is 0 Å². The summed E-state index contributed by atoms with van der Waals surface area (Å²) in [7, 11) is 0. The van der Waals surface area contributed by atoms with Crippen molar-refractivity contribution in [3.8, 4) is 11.3 Å². The maximum atomic E-state index is 11.6. The summed E-state index contributed by atoms with van der Waals surface area (Å²) < 4.78 is 5.44. The third-order valence-electron chi connectivity index (χ3n) is 2.63. The molecule has 1 heterocycles. The normalized spacial score (nSPS) is 12.3. The molecule has 4 heteroatoms. The fraction of sp³-hybridized carbons (Fsp3) is 0.286. The molecule has 1 aromatic carbocycles. The number of H-pyrrole nitrogens is 1. The van der Waals surface area contributed by atoms with Crippen LogP contribution < -0.4 is 5.56 Å². The Labute approximate surface area is 106 Å². The zero-order valence-electron chi connectivity index (χ0n) is 10.5. The van der Waals surface area contributed by atoms with Gasteiger partial charge in [-0.1, -0.05) is 30.3 Å². The van der Waals surface area contributed by atoms with Gasteiger partial charge in [0.25, 0.3) is 5.56 Å². The van der Waals surface area contributed by atoms with E-state index in [9.17, 15) is 4.79 Å². The minimum Gasteiger partial charge on any atom is -0.371 e. The molecule has 0 spiro atoms. The van der Waals surface area contributed by atoms with Gasteiger partial charge in [0.1, 0.15) is 11.9 Å². The van der Waals surface area contributed by atoms with Crippen LogP contribution in [0.25, 0.3) is 11.3 Å². The Morgan fingerprint density at radius 3 is 2.72 bits per heavy atom. The van der Waals surface area contributed by atoms with E-state index in [2.05, 4.69) is 9.97 Å². The SMILES string of the molecule is CCOC(C)c1nc(-c2ccccc2)cc(=O)[nH]1. The Bertz CT molecular complexity index is 564. The molecule has 2 rings (SSSR count). The third kappa shape index (κ3) is 2.84. The van der Waals surface area contributed by atoms with Gasteiger partial charge in [-0.05, 0) is 13.8 Å². The van der Waals surface area contributed by atoms with Crippen molar-refractivity contribution in [3.63, 3.8) is 0 Å². The van der Waals surface area contributed by atoms with E-state index < -0.39 is 0 Å². The zero-order chi connectivity index (χ0) is 13.0. The molecule has 2 aromatic rings. The second-order valence-electron chi connectivity index (χ2n) is 3.98. The van der Waals surface area contributed by atoms with Crippen molar-refractivity contribution in [1.82, 2.24) is 9.97 Å². The van der Waals surface area contributed by atoms with E-state index >= 15 is 0 Å². The smallest absolute Gasteiger partial charge is 0.251 e. The van der Waals surface area contributed by atoms with Gasteiger partial charge in [0.05, 0.1) is 5.69 Å². The van der Waals surface area contributed by atoms with Crippen LogP contribution in [-0.4, -0.2) is 16.6 Å². The Morgan fingerprint density at radius 1 is 1.33 bits per heavy atom. The molecular formula is C14H16N2O2. The lowest BCUT2D eigenvalue weighted by molar-refractivity contribution is 0.0699. The molecule has 0 saturated heterocycles. The highest BCUT2D eigenvalue weighted by molar-refractivity contribution is 5.58. The van der Waals surface area contributed by atoms with E-state index in [0.717, 1.165) is 5.56 Å². The van der Waals surface area contributed by atoms with Crippen molar-refractivity contribution < 1.29 is 4.74 Å². The van der Waals surface area contributed by atoms with Crippen molar-refractivity contribution >= 4 is 0 Å². The molecule has 1 atom stereocenters. The molecule has 1 N–H and O–H groups in total. The van der Waals surface area contributed by atoms with Crippen molar-refractivity contribution in [3.05, 3.63) is 52.6 Å². The van der Waals surface area contributed by atoms with Gasteiger partial charge >= 0.3 is 0 Å². The van der Waals surface area contributed by atoms with E-state index in [0.29, 0.717) is 18.1 Å². The molecule has 0 bridgehead atoms. The van der Waals surface area contributed by atoms with Gasteiger partial charge in [0.2, 0.25) is 0 Å². The van der Waals surface area contributed by atoms with Crippen LogP contribution in [0.2, 0.25) is 0 Å². The summed E-state index contributed by atoms with van der Waals surface area (Å²) in [5.74, 6) is 0.559. The quantitative estimate of drug-likeness (QED) is 0.899. The number of nitrogens with zero attached hydrogens (tertiary/aromatic N) is 1. The fourth-order valence-corrected chi connectivity index (χ4v) is 1.75. The van der Waals surface area contributed by atoms with Crippen molar-refractivity contribution in [2.75, 3.05) is 6.61 Å². The van der Waals surface area contributed by atoms with E-state index in [1.54, 1.807) is 0 Å². The first kappa shape index (κ1) is 12.5. The Kier molecular flexibility index (Phi) is 3.89. The van der Waals surface area contributed by atoms with Crippen LogP contribution in [0.1, 0.15) is 25.8 Å². The molecular weight excluding hydrogens is 228 g/mol. The molecule has 0 amide bonds. The molecule has 0 saturated carbocycles. The molecule has 0 aliphatic heterocycles. The summed E-state index contributed by atoms with van der Waals surface area (Å²) >= 11 is 0. The van der Waals surface area contributed by atoms with Crippen molar-refractivity contribution in [1.29, 1.82) is 0 Å². The number of rotatable bonds is 4. The summed E-state index contributed by atoms with van der Waals surface area (Å²) in [4.78, 5) is 18.8. The maximum Gasteiger partial charge on any atom is 0.251 e. The van der Waals surface area contributed by atoms with Crippen LogP contribution in [0, 0.1) is 0 Å². The minimum atomic E-state index is -0.216. The molecule has 1 unspecified atom stereocenters. The Hall–Kier alpha value is -1.94. The number of aromatic nitrogens is 2. The summed E-state index contributed by atoms with van der Waals surface area (Å²) in [5.41, 5.74) is 1.43. The molecule has 4 nitrogen and oxygen atoms in total. The van der Waals surface area contributed by atoms with Gasteiger partial charge in [0.15, 0.2) is 0 Å². The van der Waals surface area contributed by atoms with Crippen LogP contribution in [-0.2, 0) is 4.74 Å². The molecule has 0 fully saturated rings. The highest BCUT2D eigenvalue weighted by Crippen LogP contribution is 2.17. The predicted molar refractivity (Wildman–Crippen MR) is 70.3 cm³/mol. The summed E-state index contributed by atoms with van der Waals surface area (Å²) in [6.45, 7) is 4.37. The summed E-state index contributed by atoms with van der Waals surface area (Å²) in [6.07, 6.45) is -0.216. The summed E-state index contributed by atoms with van der Waals surface area (Å²) in [5, 5.41) is 0. The lowest BCUT2D eigenvalue weighted by Gasteiger charge is -2.11. The van der Waals surface area contributed by atoms with Crippen molar-refractivity contribution in [2.45, 2.75) is 20.0 Å². The first-order valence-corrected chi connectivity index (χ1v) is 5.99. The molecule has 18 heavy (non-hydrogen) atoms. The van der Waals surface area contributed by atoms with Crippen LogP contribution in [0.3, 0.4) is 0 Å². The molecule has 0 radical (unpaired) electrons. The number of benzene rings is 1. The number of hydrogen-bond acceptors (Lipinski definition) is 3. The highest BCUT2D eigenvalue weighted by atomic mass is 16.5. The largest absolute Gasteiger partial charge is 0.371 e. The first-order chi connectivity index (χ1) is 8.70. The fourth-order valence-electron chi connectivity index (χ4n) is 1.75. The lowest BCUT2D eigenvalue weighted by atomic mass is 10.1. The van der Waals surface area contributed by atoms with Gasteiger partial charge in [-0.25, -0.2) is 4.98 Å². The van der Waals surface area contributed by atoms with Crippen LogP contribution >= 0.6 is 0 Å². The number of ether oxygens (including phenoxy) is 1. The average molecular weight is 244 g/mol. The first-order valence-electron chi connectivity index (χ1n) is 5.99. The highest BCUT2D eigenvalue weighted by Gasteiger charge is 2.10. The predicted octanol–water partition coefficient (Wildman–Crippen LogP) is 2.53. The molecule has 94 valence electrons. The van der Waals surface area contributed by atoms with E-state index in [4.69, 9.17) is 4.74 Å². The van der Waals surface area contributed by atoms with Gasteiger partial charge in [-0.3, -0.25) is 4.79 Å². The zero-order valence-corrected chi connectivity index (χ0v) is 10.5. The average Bonchev–Trinajstić information content (AvgIpc) is 2.39. The van der Waals surface area contributed by atoms with E-state index in [1.165, 1.54) is 6.07 Å². The van der Waals surface area contributed by atoms with Crippen molar-refractivity contribution in [2.24, 2.45) is 0 Å². The number of hydrogen-bond donors (Lipinski definition) is 1. The second-order valence-corrected chi connectivity index (χ2v) is 3.98. The molecule has 0 aliphatic carbocycles. The van der Waals surface area contributed by atoms with E-state index in [1.807, 2.05) is 44.2 Å². The van der Waals surface area contributed by atoms with E-state index in [-0.39, 0.29) is 11.7 Å². The van der Waals surface area contributed by atoms with Crippen LogP contribution in [0.15, 0.2) is 41.2 Å². The van der Waals surface area contributed by atoms with Gasteiger partial charge < -0.3 is 9.72 Å². The topological polar surface area (TPSA) is 55.0 Å². The third-order valence-corrected chi connectivity index (χ3v) is 2.63. The number of nitrogens with one attached hydrogen (secondary N) is 1. The Morgan fingerprint density at radius 2 is 2.06 bits per heavy atom. The molecule has 1 aromatic heterocycles. The Balaban J connectivity index is 2.42. The summed E-state index contributed by atoms with van der Waals surface area (Å²) in [6, 6.07) is 11.1. The van der Waals surface area contributed by atoms with Crippen LogP contribution in [0.5, 0.6) is 0 Å². The van der Waals surface area contributed by atoms with Gasteiger partial charge in [0, 0.05) is 18.2 Å². The molecule has 0 aliphatic rings. The second kappa shape index (κ2) is 5.60. The van der Waals surface area contributed by atoms with Crippen LogP contribution in [0.4, 0.5) is 0 Å². The standard InChI is InChI=1S/C14H16N2O2/c1-3-18-10(2)14-15-12(9-13(17)16-14)11-7-5-4-6-8-11/h4-10H,3H2,1-2H3,(H,15,16,17). The lowest BCUT2D eigenvalue weighted by Crippen LogP contribution is -2.14.